The largest absolute Gasteiger partial charge is 0.468 e. The molecule has 1 aromatic carbocycles. The van der Waals surface area contributed by atoms with Gasteiger partial charge in [0.05, 0.1) is 12.9 Å². The summed E-state index contributed by atoms with van der Waals surface area (Å²) in [7, 11) is 3.25. The smallest absolute Gasteiger partial charge is 0.315 e. The number of anilines is 1. The van der Waals surface area contributed by atoms with Gasteiger partial charge in [-0.2, -0.15) is 0 Å². The van der Waals surface area contributed by atoms with Crippen molar-refractivity contribution in [1.29, 1.82) is 0 Å². The molecule has 21 heavy (non-hydrogen) atoms. The lowest BCUT2D eigenvalue weighted by atomic mass is 10.2. The Morgan fingerprint density at radius 2 is 2.14 bits per heavy atom. The molecule has 116 valence electrons. The van der Waals surface area contributed by atoms with Crippen LogP contribution in [0.1, 0.15) is 18.4 Å². The lowest BCUT2D eigenvalue weighted by Crippen LogP contribution is -2.15. The first-order valence-corrected chi connectivity index (χ1v) is 7.99. The maximum Gasteiger partial charge on any atom is 0.315 e. The van der Waals surface area contributed by atoms with Gasteiger partial charge in [0.2, 0.25) is 5.91 Å². The molecule has 0 fully saturated rings. The normalized spacial score (nSPS) is 10.2. The van der Waals surface area contributed by atoms with Crippen molar-refractivity contribution in [2.24, 2.45) is 0 Å². The Kier molecular flexibility index (Phi) is 8.54. The van der Waals surface area contributed by atoms with Crippen molar-refractivity contribution in [3.63, 3.8) is 0 Å². The highest BCUT2D eigenvalue weighted by Crippen LogP contribution is 2.17. The van der Waals surface area contributed by atoms with Gasteiger partial charge in [0.1, 0.15) is 0 Å². The third-order valence-corrected chi connectivity index (χ3v) is 3.73. The van der Waals surface area contributed by atoms with Crippen LogP contribution in [-0.2, 0) is 20.1 Å². The molecule has 0 aliphatic heterocycles. The van der Waals surface area contributed by atoms with Gasteiger partial charge in [-0.05, 0) is 37.7 Å². The molecule has 0 aliphatic carbocycles. The first-order valence-electron chi connectivity index (χ1n) is 6.83. The highest BCUT2D eigenvalue weighted by molar-refractivity contribution is 7.99. The van der Waals surface area contributed by atoms with E-state index in [9.17, 15) is 9.59 Å². The van der Waals surface area contributed by atoms with Crippen molar-refractivity contribution in [1.82, 2.24) is 5.32 Å². The molecule has 2 N–H and O–H groups in total. The number of amides is 1. The van der Waals surface area contributed by atoms with Gasteiger partial charge < -0.3 is 15.4 Å². The number of hydrogen-bond acceptors (Lipinski definition) is 5. The average molecular weight is 310 g/mol. The standard InChI is InChI=1S/C15H22N2O3S/c1-16-8-4-7-14(18)17-13-6-3-5-12(9-13)10-21-11-15(19)20-2/h3,5-6,9,16H,4,7-8,10-11H2,1-2H3,(H,17,18). The third kappa shape index (κ3) is 7.72. The fourth-order valence-corrected chi connectivity index (χ4v) is 2.50. The summed E-state index contributed by atoms with van der Waals surface area (Å²) in [6.07, 6.45) is 1.32. The Labute approximate surface area is 129 Å². The Bertz CT molecular complexity index is 466. The molecule has 6 heteroatoms. The van der Waals surface area contributed by atoms with Gasteiger partial charge in [-0.25, -0.2) is 0 Å². The molecule has 0 atom stereocenters. The number of methoxy groups -OCH3 is 1. The van der Waals surface area contributed by atoms with Crippen LogP contribution < -0.4 is 10.6 Å². The van der Waals surface area contributed by atoms with Gasteiger partial charge in [0.15, 0.2) is 0 Å². The summed E-state index contributed by atoms with van der Waals surface area (Å²) < 4.78 is 4.59. The summed E-state index contributed by atoms with van der Waals surface area (Å²) in [5.74, 6) is 0.828. The zero-order valence-corrected chi connectivity index (χ0v) is 13.3. The summed E-state index contributed by atoms with van der Waals surface area (Å²) >= 11 is 1.49. The van der Waals surface area contributed by atoms with E-state index in [0.29, 0.717) is 17.9 Å². The Hall–Kier alpha value is -1.53. The SMILES string of the molecule is CNCCCC(=O)Nc1cccc(CSCC(=O)OC)c1. The van der Waals surface area contributed by atoms with E-state index in [-0.39, 0.29) is 11.9 Å². The first-order chi connectivity index (χ1) is 10.2. The van der Waals surface area contributed by atoms with Gasteiger partial charge in [0.25, 0.3) is 0 Å². The third-order valence-electron chi connectivity index (χ3n) is 2.76. The van der Waals surface area contributed by atoms with Crippen LogP contribution in [0.2, 0.25) is 0 Å². The zero-order valence-electron chi connectivity index (χ0n) is 12.5. The van der Waals surface area contributed by atoms with Crippen molar-refractivity contribution in [2.75, 3.05) is 31.8 Å². The van der Waals surface area contributed by atoms with Crippen LogP contribution >= 0.6 is 11.8 Å². The van der Waals surface area contributed by atoms with E-state index in [1.165, 1.54) is 18.9 Å². The molecule has 1 amide bonds. The molecular formula is C15H22N2O3S. The lowest BCUT2D eigenvalue weighted by Gasteiger charge is -2.07. The van der Waals surface area contributed by atoms with Crippen molar-refractivity contribution in [3.8, 4) is 0 Å². The zero-order chi connectivity index (χ0) is 15.5. The summed E-state index contributed by atoms with van der Waals surface area (Å²) in [5.41, 5.74) is 1.86. The van der Waals surface area contributed by atoms with E-state index in [4.69, 9.17) is 0 Å². The minimum absolute atomic E-state index is 0.0182. The molecule has 0 bridgehead atoms. The van der Waals surface area contributed by atoms with Crippen LogP contribution in [0.3, 0.4) is 0 Å². The van der Waals surface area contributed by atoms with Crippen LogP contribution in [0, 0.1) is 0 Å². The average Bonchev–Trinajstić information content (AvgIpc) is 2.47. The minimum Gasteiger partial charge on any atom is -0.468 e. The number of thioether (sulfide) groups is 1. The van der Waals surface area contributed by atoms with E-state index in [1.807, 2.05) is 31.3 Å². The maximum absolute atomic E-state index is 11.7. The highest BCUT2D eigenvalue weighted by Gasteiger charge is 2.04. The predicted molar refractivity (Wildman–Crippen MR) is 86.4 cm³/mol. The van der Waals surface area contributed by atoms with Gasteiger partial charge in [-0.1, -0.05) is 12.1 Å². The van der Waals surface area contributed by atoms with Crippen LogP contribution in [0.4, 0.5) is 5.69 Å². The minimum atomic E-state index is -0.228. The van der Waals surface area contributed by atoms with Gasteiger partial charge in [0, 0.05) is 17.9 Å². The number of esters is 1. The van der Waals surface area contributed by atoms with Crippen LogP contribution in [-0.4, -0.2) is 38.3 Å². The van der Waals surface area contributed by atoms with Crippen molar-refractivity contribution in [3.05, 3.63) is 29.8 Å². The highest BCUT2D eigenvalue weighted by atomic mass is 32.2. The summed E-state index contributed by atoms with van der Waals surface area (Å²) in [6, 6.07) is 7.67. The molecule has 0 aliphatic rings. The number of benzene rings is 1. The maximum atomic E-state index is 11.7. The van der Waals surface area contributed by atoms with Gasteiger partial charge in [-0.3, -0.25) is 9.59 Å². The fraction of sp³-hybridized carbons (Fsp3) is 0.467. The summed E-state index contributed by atoms with van der Waals surface area (Å²) in [4.78, 5) is 22.8. The van der Waals surface area contributed by atoms with Crippen molar-refractivity contribution < 1.29 is 14.3 Å². The molecule has 5 nitrogen and oxygen atoms in total. The molecule has 1 aromatic rings. The van der Waals surface area contributed by atoms with E-state index >= 15 is 0 Å². The lowest BCUT2D eigenvalue weighted by molar-refractivity contribution is -0.137. The molecule has 0 saturated carbocycles. The Morgan fingerprint density at radius 1 is 1.33 bits per heavy atom. The molecule has 0 unspecified atom stereocenters. The van der Waals surface area contributed by atoms with Gasteiger partial charge in [-0.15, -0.1) is 11.8 Å². The van der Waals surface area contributed by atoms with Gasteiger partial charge >= 0.3 is 5.97 Å². The number of hydrogen-bond donors (Lipinski definition) is 2. The predicted octanol–water partition coefficient (Wildman–Crippen LogP) is 2.03. The number of nitrogens with one attached hydrogen (secondary N) is 2. The molecule has 0 radical (unpaired) electrons. The second-order valence-electron chi connectivity index (χ2n) is 4.52. The molecular weight excluding hydrogens is 288 g/mol. The molecule has 0 aromatic heterocycles. The van der Waals surface area contributed by atoms with E-state index in [2.05, 4.69) is 15.4 Å². The number of carbonyl (C=O) groups is 2. The Morgan fingerprint density at radius 3 is 2.86 bits per heavy atom. The Balaban J connectivity index is 2.41. The fourth-order valence-electron chi connectivity index (χ4n) is 1.70. The number of rotatable bonds is 9. The van der Waals surface area contributed by atoms with Crippen LogP contribution in [0.25, 0.3) is 0 Å². The monoisotopic (exact) mass is 310 g/mol. The summed E-state index contributed by atoms with van der Waals surface area (Å²) in [6.45, 7) is 0.831. The topological polar surface area (TPSA) is 67.4 Å². The number of carbonyl (C=O) groups excluding carboxylic acids is 2. The van der Waals surface area contributed by atoms with Crippen molar-refractivity contribution >= 4 is 29.3 Å². The molecule has 0 heterocycles. The molecule has 1 rings (SSSR count). The first kappa shape index (κ1) is 17.5. The van der Waals surface area contributed by atoms with Crippen LogP contribution in [0.5, 0.6) is 0 Å². The summed E-state index contributed by atoms with van der Waals surface area (Å²) in [5, 5.41) is 5.90. The second kappa shape index (κ2) is 10.2. The van der Waals surface area contributed by atoms with E-state index in [0.717, 1.165) is 24.2 Å². The molecule has 0 spiro atoms. The van der Waals surface area contributed by atoms with E-state index in [1.54, 1.807) is 0 Å². The second-order valence-corrected chi connectivity index (χ2v) is 5.51. The van der Waals surface area contributed by atoms with Crippen LogP contribution in [0.15, 0.2) is 24.3 Å². The number of ether oxygens (including phenoxy) is 1. The van der Waals surface area contributed by atoms with Crippen molar-refractivity contribution in [2.45, 2.75) is 18.6 Å². The quantitative estimate of drug-likeness (QED) is 0.539. The molecule has 0 saturated heterocycles. The van der Waals surface area contributed by atoms with E-state index < -0.39 is 0 Å².